The molecule has 2 aromatic rings. The highest BCUT2D eigenvalue weighted by Gasteiger charge is 2.10. The monoisotopic (exact) mass is 364 g/mol. The topological polar surface area (TPSA) is 38.9 Å². The van der Waals surface area contributed by atoms with Gasteiger partial charge in [0, 0.05) is 27.1 Å². The molecule has 0 aliphatic carbocycles. The third-order valence-corrected chi connectivity index (χ3v) is 3.31. The van der Waals surface area contributed by atoms with Crippen LogP contribution in [0, 0.1) is 10.8 Å². The fourth-order valence-electron chi connectivity index (χ4n) is 1.13. The zero-order valence-electron chi connectivity index (χ0n) is 7.29. The molecule has 1 aromatic carbocycles. The molecule has 0 unspecified atom stereocenters. The van der Waals surface area contributed by atoms with Gasteiger partial charge in [-0.15, -0.1) is 10.2 Å². The minimum absolute atomic E-state index is 0.546. The van der Waals surface area contributed by atoms with Gasteiger partial charge in [0.25, 0.3) is 3.90 Å². The molecule has 0 aliphatic heterocycles. The van der Waals surface area contributed by atoms with Gasteiger partial charge in [-0.05, 0) is 34.5 Å². The van der Waals surface area contributed by atoms with E-state index in [0.717, 1.165) is 15.6 Å². The van der Waals surface area contributed by atoms with E-state index in [0.29, 0.717) is 9.79 Å². The fourth-order valence-corrected chi connectivity index (χ4v) is 1.88. The highest BCUT2D eigenvalue weighted by atomic mass is 127. The molecule has 2 rings (SSSR count). The summed E-state index contributed by atoms with van der Waals surface area (Å²) in [5.41, 5.74) is 2.08. The molecule has 3 nitrogen and oxygen atoms in total. The van der Waals surface area contributed by atoms with Gasteiger partial charge in [0.2, 0.25) is 5.89 Å². The maximum atomic E-state index is 5.34. The van der Waals surface area contributed by atoms with Crippen LogP contribution in [0.3, 0.4) is 0 Å². The number of aryl methyl sites for hydroxylation is 1. The average molecular weight is 365 g/mol. The van der Waals surface area contributed by atoms with Crippen LogP contribution in [0.15, 0.2) is 27.1 Å². The van der Waals surface area contributed by atoms with Crippen molar-refractivity contribution in [3.8, 4) is 11.5 Å². The lowest BCUT2D eigenvalue weighted by Crippen LogP contribution is -1.83. The van der Waals surface area contributed by atoms with Crippen LogP contribution in [0.4, 0.5) is 0 Å². The summed E-state index contributed by atoms with van der Waals surface area (Å²) in [4.78, 5) is 0. The lowest BCUT2D eigenvalue weighted by atomic mass is 10.1. The van der Waals surface area contributed by atoms with Crippen molar-refractivity contribution in [1.82, 2.24) is 10.2 Å². The molecule has 0 atom stereocenters. The minimum atomic E-state index is 0.546. The van der Waals surface area contributed by atoms with Crippen LogP contribution in [0.25, 0.3) is 11.5 Å². The maximum absolute atomic E-state index is 5.34. The number of halogens is 2. The van der Waals surface area contributed by atoms with E-state index < -0.39 is 0 Å². The van der Waals surface area contributed by atoms with Gasteiger partial charge in [0.15, 0.2) is 0 Å². The van der Waals surface area contributed by atoms with Gasteiger partial charge in [-0.2, -0.15) is 0 Å². The molecule has 0 radical (unpaired) electrons. The molecule has 0 saturated carbocycles. The summed E-state index contributed by atoms with van der Waals surface area (Å²) >= 11 is 5.49. The first-order valence-corrected chi connectivity index (χ1v) is 5.80. The summed E-state index contributed by atoms with van der Waals surface area (Å²) in [5, 5.41) is 7.75. The molecule has 14 heavy (non-hydrogen) atoms. The van der Waals surface area contributed by atoms with Crippen molar-refractivity contribution in [2.75, 3.05) is 0 Å². The second-order valence-electron chi connectivity index (χ2n) is 2.80. The van der Waals surface area contributed by atoms with E-state index in [1.54, 1.807) is 0 Å². The number of rotatable bonds is 1. The van der Waals surface area contributed by atoms with Gasteiger partial charge in [0.05, 0.1) is 5.56 Å². The van der Waals surface area contributed by atoms with Crippen LogP contribution in [0.5, 0.6) is 0 Å². The molecule has 0 fully saturated rings. The Labute approximate surface area is 103 Å². The standard InChI is InChI=1S/C9H6BrIN2O/c1-5-3-2-4-6(7(5)10)8-12-13-9(11)14-8/h2-4H,1H3. The zero-order valence-corrected chi connectivity index (χ0v) is 11.0. The normalized spacial score (nSPS) is 10.5. The fraction of sp³-hybridized carbons (Fsp3) is 0.111. The van der Waals surface area contributed by atoms with E-state index in [1.165, 1.54) is 0 Å². The Bertz CT molecular complexity index is 470. The molecular formula is C9H6BrIN2O. The number of hydrogen-bond donors (Lipinski definition) is 0. The van der Waals surface area contributed by atoms with E-state index in [9.17, 15) is 0 Å². The predicted octanol–water partition coefficient (Wildman–Crippen LogP) is 3.41. The van der Waals surface area contributed by atoms with E-state index in [-0.39, 0.29) is 0 Å². The Balaban J connectivity index is 2.57. The van der Waals surface area contributed by atoms with E-state index in [1.807, 2.05) is 47.7 Å². The molecule has 0 aliphatic rings. The Hall–Kier alpha value is -0.430. The highest BCUT2D eigenvalue weighted by molar-refractivity contribution is 14.1. The number of nitrogens with zero attached hydrogens (tertiary/aromatic N) is 2. The average Bonchev–Trinajstić information content (AvgIpc) is 2.57. The van der Waals surface area contributed by atoms with Crippen LogP contribution in [-0.2, 0) is 0 Å². The maximum Gasteiger partial charge on any atom is 0.278 e. The molecule has 0 spiro atoms. The molecule has 1 aromatic heterocycles. The molecule has 0 N–H and O–H groups in total. The lowest BCUT2D eigenvalue weighted by Gasteiger charge is -2.01. The first-order valence-electron chi connectivity index (χ1n) is 3.93. The van der Waals surface area contributed by atoms with Crippen LogP contribution < -0.4 is 0 Å². The summed E-state index contributed by atoms with van der Waals surface area (Å²) in [6.45, 7) is 2.02. The lowest BCUT2D eigenvalue weighted by molar-refractivity contribution is 0.536. The van der Waals surface area contributed by atoms with Crippen LogP contribution in [-0.4, -0.2) is 10.2 Å². The number of hydrogen-bond acceptors (Lipinski definition) is 3. The molecule has 5 heteroatoms. The Morgan fingerprint density at radius 3 is 2.79 bits per heavy atom. The molecule has 72 valence electrons. The zero-order chi connectivity index (χ0) is 10.1. The molecule has 0 saturated heterocycles. The third-order valence-electron chi connectivity index (χ3n) is 1.82. The van der Waals surface area contributed by atoms with Gasteiger partial charge in [-0.3, -0.25) is 0 Å². The van der Waals surface area contributed by atoms with Crippen LogP contribution >= 0.6 is 38.5 Å². The number of benzene rings is 1. The molecule has 0 bridgehead atoms. The quantitative estimate of drug-likeness (QED) is 0.728. The van der Waals surface area contributed by atoms with Gasteiger partial charge in [0.1, 0.15) is 0 Å². The Morgan fingerprint density at radius 2 is 2.14 bits per heavy atom. The summed E-state index contributed by atoms with van der Waals surface area (Å²) in [5.74, 6) is 0.546. The van der Waals surface area contributed by atoms with Crippen LogP contribution in [0.2, 0.25) is 0 Å². The Morgan fingerprint density at radius 1 is 1.36 bits per heavy atom. The van der Waals surface area contributed by atoms with E-state index in [2.05, 4.69) is 26.1 Å². The van der Waals surface area contributed by atoms with Crippen molar-refractivity contribution in [2.24, 2.45) is 0 Å². The van der Waals surface area contributed by atoms with Crippen molar-refractivity contribution in [3.05, 3.63) is 32.1 Å². The third kappa shape index (κ3) is 1.83. The second-order valence-corrected chi connectivity index (χ2v) is 4.51. The smallest absolute Gasteiger partial charge is 0.278 e. The van der Waals surface area contributed by atoms with E-state index >= 15 is 0 Å². The van der Waals surface area contributed by atoms with Crippen molar-refractivity contribution in [3.63, 3.8) is 0 Å². The van der Waals surface area contributed by atoms with Crippen molar-refractivity contribution >= 4 is 38.5 Å². The van der Waals surface area contributed by atoms with Crippen molar-refractivity contribution in [2.45, 2.75) is 6.92 Å². The SMILES string of the molecule is Cc1cccc(-c2nnc(I)o2)c1Br. The van der Waals surface area contributed by atoms with Gasteiger partial charge in [-0.1, -0.05) is 12.1 Å². The second kappa shape index (κ2) is 3.98. The summed E-state index contributed by atoms with van der Waals surface area (Å²) in [6, 6.07) is 5.93. The van der Waals surface area contributed by atoms with E-state index in [4.69, 9.17) is 4.42 Å². The highest BCUT2D eigenvalue weighted by Crippen LogP contribution is 2.29. The predicted molar refractivity (Wildman–Crippen MR) is 64.9 cm³/mol. The van der Waals surface area contributed by atoms with Crippen molar-refractivity contribution in [1.29, 1.82) is 0 Å². The molecular weight excluding hydrogens is 359 g/mol. The van der Waals surface area contributed by atoms with Crippen LogP contribution in [0.1, 0.15) is 5.56 Å². The van der Waals surface area contributed by atoms with Gasteiger partial charge < -0.3 is 4.42 Å². The molecule has 1 heterocycles. The largest absolute Gasteiger partial charge is 0.412 e. The number of aromatic nitrogens is 2. The summed E-state index contributed by atoms with van der Waals surface area (Å²) in [6.07, 6.45) is 0. The van der Waals surface area contributed by atoms with Gasteiger partial charge in [-0.25, -0.2) is 0 Å². The Kier molecular flexibility index (Phi) is 2.87. The first-order chi connectivity index (χ1) is 6.68. The minimum Gasteiger partial charge on any atom is -0.412 e. The van der Waals surface area contributed by atoms with Crippen molar-refractivity contribution < 1.29 is 4.42 Å². The first kappa shape index (κ1) is 10.1. The summed E-state index contributed by atoms with van der Waals surface area (Å²) < 4.78 is 6.89. The molecule has 0 amide bonds. The van der Waals surface area contributed by atoms with Gasteiger partial charge >= 0.3 is 0 Å². The summed E-state index contributed by atoms with van der Waals surface area (Å²) in [7, 11) is 0.